The van der Waals surface area contributed by atoms with Gasteiger partial charge in [-0.15, -0.1) is 0 Å². The summed E-state index contributed by atoms with van der Waals surface area (Å²) in [5.41, 5.74) is 5.32. The summed E-state index contributed by atoms with van der Waals surface area (Å²) in [6, 6.07) is 12.3. The van der Waals surface area contributed by atoms with E-state index in [9.17, 15) is 0 Å². The third-order valence-electron chi connectivity index (χ3n) is 3.74. The molecule has 0 amide bonds. The Bertz CT molecular complexity index is 760. The molecule has 0 saturated heterocycles. The van der Waals surface area contributed by atoms with Gasteiger partial charge in [0.15, 0.2) is 0 Å². The summed E-state index contributed by atoms with van der Waals surface area (Å²) in [4.78, 5) is 6.28. The maximum Gasteiger partial charge on any atom is 0.0682 e. The van der Waals surface area contributed by atoms with Crippen LogP contribution in [0.2, 0.25) is 5.02 Å². The summed E-state index contributed by atoms with van der Waals surface area (Å²) in [6.45, 7) is 11.1. The maximum absolute atomic E-state index is 6.40. The number of likely N-dealkylation sites (N-methyl/N-ethyl adjacent to an activating group) is 1. The maximum atomic E-state index is 6.40. The molecule has 0 atom stereocenters. The third kappa shape index (κ3) is 3.60. The standard InChI is InChI=1S/C19H17ClN2.C2H6/c1-3-22-14(2)9-10-16(15-7-5-4-6-8-15)19(22)17-11-12-21-13-18(17)20;1-2/h4-13H,2-3H2,1H3;1-2H3. The van der Waals surface area contributed by atoms with Crippen molar-refractivity contribution in [2.75, 3.05) is 6.54 Å². The van der Waals surface area contributed by atoms with Gasteiger partial charge in [-0.3, -0.25) is 4.98 Å². The number of rotatable bonds is 3. The lowest BCUT2D eigenvalue weighted by Crippen LogP contribution is -2.23. The highest BCUT2D eigenvalue weighted by molar-refractivity contribution is 6.32. The Hall–Kier alpha value is -2.32. The molecule has 2 heterocycles. The SMILES string of the molecule is C=C1C=CC(c2ccccc2)=C(c2ccncc2Cl)N1CC.CC. The lowest BCUT2D eigenvalue weighted by Gasteiger charge is -2.32. The van der Waals surface area contributed by atoms with Gasteiger partial charge in [-0.1, -0.05) is 68.4 Å². The number of hydrogen-bond acceptors (Lipinski definition) is 2. The highest BCUT2D eigenvalue weighted by Crippen LogP contribution is 2.38. The van der Waals surface area contributed by atoms with Gasteiger partial charge >= 0.3 is 0 Å². The number of hydrogen-bond donors (Lipinski definition) is 0. The van der Waals surface area contributed by atoms with Crippen LogP contribution in [0.25, 0.3) is 11.3 Å². The van der Waals surface area contributed by atoms with Crippen LogP contribution in [0, 0.1) is 0 Å². The van der Waals surface area contributed by atoms with Crippen LogP contribution >= 0.6 is 11.6 Å². The summed E-state index contributed by atoms with van der Waals surface area (Å²) < 4.78 is 0. The molecule has 0 unspecified atom stereocenters. The van der Waals surface area contributed by atoms with E-state index in [4.69, 9.17) is 11.6 Å². The molecule has 0 bridgehead atoms. The number of benzene rings is 1. The Morgan fingerprint density at radius 2 is 1.79 bits per heavy atom. The first-order valence-electron chi connectivity index (χ1n) is 8.26. The molecule has 24 heavy (non-hydrogen) atoms. The Morgan fingerprint density at radius 1 is 1.08 bits per heavy atom. The Morgan fingerprint density at radius 3 is 2.42 bits per heavy atom. The molecule has 1 aliphatic rings. The lowest BCUT2D eigenvalue weighted by molar-refractivity contribution is 0.532. The minimum Gasteiger partial charge on any atom is -0.341 e. The Labute approximate surface area is 149 Å². The van der Waals surface area contributed by atoms with Gasteiger partial charge in [-0.05, 0) is 24.6 Å². The van der Waals surface area contributed by atoms with E-state index in [2.05, 4.69) is 41.6 Å². The van der Waals surface area contributed by atoms with Gasteiger partial charge < -0.3 is 4.90 Å². The van der Waals surface area contributed by atoms with Gasteiger partial charge in [0.25, 0.3) is 0 Å². The van der Waals surface area contributed by atoms with Gasteiger partial charge in [0.2, 0.25) is 0 Å². The van der Waals surface area contributed by atoms with E-state index < -0.39 is 0 Å². The second-order valence-electron chi connectivity index (χ2n) is 5.05. The van der Waals surface area contributed by atoms with E-state index in [0.717, 1.165) is 34.6 Å². The Balaban J connectivity index is 0.00000100. The molecule has 1 aromatic carbocycles. The molecule has 1 aliphatic heterocycles. The van der Waals surface area contributed by atoms with Crippen molar-refractivity contribution in [2.24, 2.45) is 0 Å². The largest absolute Gasteiger partial charge is 0.341 e. The number of halogens is 1. The number of pyridine rings is 1. The van der Waals surface area contributed by atoms with Crippen molar-refractivity contribution >= 4 is 22.9 Å². The van der Waals surface area contributed by atoms with Crippen molar-refractivity contribution in [1.82, 2.24) is 9.88 Å². The van der Waals surface area contributed by atoms with Crippen LogP contribution in [-0.2, 0) is 0 Å². The second-order valence-corrected chi connectivity index (χ2v) is 5.46. The van der Waals surface area contributed by atoms with Crippen LogP contribution in [0.15, 0.2) is 73.2 Å². The van der Waals surface area contributed by atoms with Crippen LogP contribution < -0.4 is 0 Å². The highest BCUT2D eigenvalue weighted by Gasteiger charge is 2.22. The van der Waals surface area contributed by atoms with Crippen LogP contribution in [0.5, 0.6) is 0 Å². The van der Waals surface area contributed by atoms with Crippen molar-refractivity contribution in [3.63, 3.8) is 0 Å². The molecule has 0 spiro atoms. The van der Waals surface area contributed by atoms with Crippen molar-refractivity contribution in [2.45, 2.75) is 20.8 Å². The fourth-order valence-electron chi connectivity index (χ4n) is 2.71. The predicted molar refractivity (Wildman–Crippen MR) is 105 cm³/mol. The molecule has 0 fully saturated rings. The summed E-state index contributed by atoms with van der Waals surface area (Å²) in [7, 11) is 0. The molecule has 124 valence electrons. The molecular weight excluding hydrogens is 316 g/mol. The van der Waals surface area contributed by atoms with Crippen LogP contribution in [0.4, 0.5) is 0 Å². The fraction of sp³-hybridized carbons (Fsp3) is 0.190. The smallest absolute Gasteiger partial charge is 0.0682 e. The quantitative estimate of drug-likeness (QED) is 0.678. The van der Waals surface area contributed by atoms with Crippen LogP contribution in [-0.4, -0.2) is 16.4 Å². The summed E-state index contributed by atoms with van der Waals surface area (Å²) in [5, 5.41) is 0.646. The average molecular weight is 339 g/mol. The molecule has 0 radical (unpaired) electrons. The van der Waals surface area contributed by atoms with E-state index in [0.29, 0.717) is 5.02 Å². The molecule has 0 aliphatic carbocycles. The molecule has 2 nitrogen and oxygen atoms in total. The lowest BCUT2D eigenvalue weighted by atomic mass is 9.95. The molecule has 3 heteroatoms. The van der Waals surface area contributed by atoms with E-state index in [1.807, 2.05) is 44.2 Å². The first-order chi connectivity index (χ1) is 11.7. The second kappa shape index (κ2) is 8.51. The average Bonchev–Trinajstić information content (AvgIpc) is 2.64. The molecular formula is C21H23ClN2. The number of allylic oxidation sites excluding steroid dienone is 3. The van der Waals surface area contributed by atoms with Gasteiger partial charge in [0, 0.05) is 35.8 Å². The van der Waals surface area contributed by atoms with Crippen molar-refractivity contribution in [3.05, 3.63) is 89.4 Å². The van der Waals surface area contributed by atoms with E-state index >= 15 is 0 Å². The Kier molecular flexibility index (Phi) is 6.39. The highest BCUT2D eigenvalue weighted by atomic mass is 35.5. The molecule has 1 aromatic heterocycles. The van der Waals surface area contributed by atoms with Gasteiger partial charge in [0.1, 0.15) is 0 Å². The zero-order valence-corrected chi connectivity index (χ0v) is 15.2. The zero-order valence-electron chi connectivity index (χ0n) is 14.5. The van der Waals surface area contributed by atoms with E-state index in [1.165, 1.54) is 0 Å². The van der Waals surface area contributed by atoms with Crippen LogP contribution in [0.3, 0.4) is 0 Å². The minimum absolute atomic E-state index is 0.646. The normalized spacial score (nSPS) is 13.7. The summed E-state index contributed by atoms with van der Waals surface area (Å²) >= 11 is 6.40. The number of nitrogens with zero attached hydrogens (tertiary/aromatic N) is 2. The summed E-state index contributed by atoms with van der Waals surface area (Å²) in [5.74, 6) is 0. The van der Waals surface area contributed by atoms with Gasteiger partial charge in [-0.2, -0.15) is 0 Å². The minimum atomic E-state index is 0.646. The first kappa shape index (κ1) is 18.0. The van der Waals surface area contributed by atoms with Crippen molar-refractivity contribution < 1.29 is 0 Å². The molecule has 0 saturated carbocycles. The number of aromatic nitrogens is 1. The first-order valence-corrected chi connectivity index (χ1v) is 8.64. The van der Waals surface area contributed by atoms with Crippen molar-refractivity contribution in [3.8, 4) is 0 Å². The predicted octanol–water partition coefficient (Wildman–Crippen LogP) is 6.03. The fourth-order valence-corrected chi connectivity index (χ4v) is 2.92. The molecule has 3 rings (SSSR count). The van der Waals surface area contributed by atoms with Crippen molar-refractivity contribution in [1.29, 1.82) is 0 Å². The van der Waals surface area contributed by atoms with Crippen LogP contribution in [0.1, 0.15) is 31.9 Å². The third-order valence-corrected chi connectivity index (χ3v) is 4.04. The van der Waals surface area contributed by atoms with E-state index in [-0.39, 0.29) is 0 Å². The topological polar surface area (TPSA) is 16.1 Å². The van der Waals surface area contributed by atoms with E-state index in [1.54, 1.807) is 12.4 Å². The van der Waals surface area contributed by atoms with Gasteiger partial charge in [0.05, 0.1) is 10.7 Å². The monoisotopic (exact) mass is 338 g/mol. The molecule has 0 N–H and O–H groups in total. The zero-order chi connectivity index (χ0) is 17.5. The summed E-state index contributed by atoms with van der Waals surface area (Å²) in [6.07, 6.45) is 7.60. The molecule has 2 aromatic rings. The van der Waals surface area contributed by atoms with Gasteiger partial charge in [-0.25, -0.2) is 0 Å².